The lowest BCUT2D eigenvalue weighted by atomic mass is 9.95. The average molecular weight is 262 g/mol. The summed E-state index contributed by atoms with van der Waals surface area (Å²) < 4.78 is 0. The van der Waals surface area contributed by atoms with Crippen molar-refractivity contribution >= 4 is 23.4 Å². The van der Waals surface area contributed by atoms with Crippen molar-refractivity contribution in [1.29, 1.82) is 5.26 Å². The fourth-order valence-electron chi connectivity index (χ4n) is 1.85. The van der Waals surface area contributed by atoms with Gasteiger partial charge in [0.2, 0.25) is 0 Å². The Morgan fingerprint density at radius 1 is 1.44 bits per heavy atom. The van der Waals surface area contributed by atoms with Crippen LogP contribution in [-0.4, -0.2) is 28.1 Å². The minimum atomic E-state index is -1.27. The van der Waals surface area contributed by atoms with E-state index in [-0.39, 0.29) is 5.91 Å². The molecule has 94 valence electrons. The molecule has 0 unspecified atom stereocenters. The highest BCUT2D eigenvalue weighted by atomic mass is 32.2. The molecule has 0 spiro atoms. The highest BCUT2D eigenvalue weighted by Crippen LogP contribution is 2.28. The van der Waals surface area contributed by atoms with E-state index < -0.39 is 5.60 Å². The van der Waals surface area contributed by atoms with Gasteiger partial charge in [-0.25, -0.2) is 0 Å². The summed E-state index contributed by atoms with van der Waals surface area (Å²) in [5.41, 5.74) is -0.238. The SMILES string of the molecule is N#Cc1cccc(NC(=O)C2(O)CCSCC2)c1. The number of thioether (sulfide) groups is 1. The molecule has 2 N–H and O–H groups in total. The predicted molar refractivity (Wildman–Crippen MR) is 71.3 cm³/mol. The average Bonchev–Trinajstić information content (AvgIpc) is 2.40. The lowest BCUT2D eigenvalue weighted by Gasteiger charge is -2.30. The normalized spacial score (nSPS) is 17.8. The maximum Gasteiger partial charge on any atom is 0.256 e. The fraction of sp³-hybridized carbons (Fsp3) is 0.385. The molecule has 1 aliphatic rings. The van der Waals surface area contributed by atoms with Gasteiger partial charge in [-0.3, -0.25) is 4.79 Å². The summed E-state index contributed by atoms with van der Waals surface area (Å²) in [5.74, 6) is 1.21. The number of nitrogens with one attached hydrogen (secondary N) is 1. The van der Waals surface area contributed by atoms with Crippen LogP contribution in [0.3, 0.4) is 0 Å². The highest BCUT2D eigenvalue weighted by molar-refractivity contribution is 7.99. The number of carbonyl (C=O) groups excluding carboxylic acids is 1. The van der Waals surface area contributed by atoms with E-state index in [0.717, 1.165) is 11.5 Å². The smallest absolute Gasteiger partial charge is 0.256 e. The van der Waals surface area contributed by atoms with Crippen LogP contribution in [0.2, 0.25) is 0 Å². The molecule has 1 heterocycles. The van der Waals surface area contributed by atoms with Crippen LogP contribution in [0.4, 0.5) is 5.69 Å². The molecule has 0 atom stereocenters. The fourth-order valence-corrected chi connectivity index (χ4v) is 3.02. The number of anilines is 1. The molecule has 1 saturated heterocycles. The van der Waals surface area contributed by atoms with Crippen molar-refractivity contribution in [3.8, 4) is 6.07 Å². The summed E-state index contributed by atoms with van der Waals surface area (Å²) in [6.45, 7) is 0. The van der Waals surface area contributed by atoms with Crippen LogP contribution in [0.5, 0.6) is 0 Å². The molecular weight excluding hydrogens is 248 g/mol. The largest absolute Gasteiger partial charge is 0.380 e. The number of nitrogens with zero attached hydrogens (tertiary/aromatic N) is 1. The van der Waals surface area contributed by atoms with Gasteiger partial charge in [-0.05, 0) is 42.5 Å². The van der Waals surface area contributed by atoms with Crippen LogP contribution < -0.4 is 5.32 Å². The second kappa shape index (κ2) is 5.42. The highest BCUT2D eigenvalue weighted by Gasteiger charge is 2.37. The molecule has 0 bridgehead atoms. The zero-order chi connectivity index (χ0) is 13.0. The maximum atomic E-state index is 12.0. The number of nitriles is 1. The van der Waals surface area contributed by atoms with Gasteiger partial charge in [0.15, 0.2) is 0 Å². The third kappa shape index (κ3) is 2.84. The Bertz CT molecular complexity index is 490. The van der Waals surface area contributed by atoms with Gasteiger partial charge in [-0.1, -0.05) is 6.07 Å². The summed E-state index contributed by atoms with van der Waals surface area (Å²) in [6.07, 6.45) is 0.947. The van der Waals surface area contributed by atoms with E-state index in [2.05, 4.69) is 5.32 Å². The first-order chi connectivity index (χ1) is 8.64. The number of aliphatic hydroxyl groups is 1. The van der Waals surface area contributed by atoms with E-state index in [4.69, 9.17) is 5.26 Å². The van der Waals surface area contributed by atoms with Gasteiger partial charge in [0.1, 0.15) is 5.60 Å². The van der Waals surface area contributed by atoms with Crippen molar-refractivity contribution in [3.63, 3.8) is 0 Å². The van der Waals surface area contributed by atoms with Crippen LogP contribution in [0, 0.1) is 11.3 Å². The topological polar surface area (TPSA) is 73.1 Å². The van der Waals surface area contributed by atoms with Gasteiger partial charge >= 0.3 is 0 Å². The zero-order valence-corrected chi connectivity index (χ0v) is 10.7. The molecule has 18 heavy (non-hydrogen) atoms. The molecule has 1 amide bonds. The van der Waals surface area contributed by atoms with Gasteiger partial charge in [-0.15, -0.1) is 0 Å². The third-order valence-electron chi connectivity index (χ3n) is 2.99. The molecule has 1 fully saturated rings. The van der Waals surface area contributed by atoms with Crippen molar-refractivity contribution in [3.05, 3.63) is 29.8 Å². The van der Waals surface area contributed by atoms with E-state index in [1.54, 1.807) is 36.0 Å². The van der Waals surface area contributed by atoms with Gasteiger partial charge in [-0.2, -0.15) is 17.0 Å². The van der Waals surface area contributed by atoms with Crippen molar-refractivity contribution in [2.24, 2.45) is 0 Å². The van der Waals surface area contributed by atoms with E-state index in [1.165, 1.54) is 0 Å². The Labute approximate surface area is 110 Å². The molecule has 0 aromatic heterocycles. The van der Waals surface area contributed by atoms with Crippen LogP contribution >= 0.6 is 11.8 Å². The molecule has 4 nitrogen and oxygen atoms in total. The Morgan fingerprint density at radius 3 is 2.83 bits per heavy atom. The van der Waals surface area contributed by atoms with Crippen LogP contribution in [0.1, 0.15) is 18.4 Å². The Hall–Kier alpha value is -1.51. The van der Waals surface area contributed by atoms with Gasteiger partial charge in [0, 0.05) is 5.69 Å². The summed E-state index contributed by atoms with van der Waals surface area (Å²) in [6, 6.07) is 8.69. The third-order valence-corrected chi connectivity index (χ3v) is 3.98. The summed E-state index contributed by atoms with van der Waals surface area (Å²) >= 11 is 1.74. The second-order valence-corrected chi connectivity index (χ2v) is 5.52. The minimum Gasteiger partial charge on any atom is -0.380 e. The maximum absolute atomic E-state index is 12.0. The zero-order valence-electron chi connectivity index (χ0n) is 9.85. The number of carbonyl (C=O) groups is 1. The first-order valence-electron chi connectivity index (χ1n) is 5.76. The molecule has 1 aromatic rings. The van der Waals surface area contributed by atoms with E-state index in [9.17, 15) is 9.90 Å². The van der Waals surface area contributed by atoms with Crippen molar-refractivity contribution in [2.75, 3.05) is 16.8 Å². The molecule has 2 rings (SSSR count). The van der Waals surface area contributed by atoms with E-state index in [1.807, 2.05) is 6.07 Å². The lowest BCUT2D eigenvalue weighted by Crippen LogP contribution is -2.45. The van der Waals surface area contributed by atoms with Crippen molar-refractivity contribution in [2.45, 2.75) is 18.4 Å². The Kier molecular flexibility index (Phi) is 3.90. The molecule has 0 saturated carbocycles. The van der Waals surface area contributed by atoms with Gasteiger partial charge in [0.25, 0.3) is 5.91 Å². The van der Waals surface area contributed by atoms with E-state index in [0.29, 0.717) is 24.1 Å². The minimum absolute atomic E-state index is 0.377. The van der Waals surface area contributed by atoms with Gasteiger partial charge < -0.3 is 10.4 Å². The summed E-state index contributed by atoms with van der Waals surface area (Å²) in [4.78, 5) is 12.0. The van der Waals surface area contributed by atoms with Crippen LogP contribution in [0.25, 0.3) is 0 Å². The number of rotatable bonds is 2. The van der Waals surface area contributed by atoms with Crippen molar-refractivity contribution < 1.29 is 9.90 Å². The van der Waals surface area contributed by atoms with Crippen LogP contribution in [-0.2, 0) is 4.79 Å². The Morgan fingerprint density at radius 2 is 2.17 bits per heavy atom. The first-order valence-corrected chi connectivity index (χ1v) is 6.91. The standard InChI is InChI=1S/C13H14N2O2S/c14-9-10-2-1-3-11(8-10)15-12(16)13(17)4-6-18-7-5-13/h1-3,8,17H,4-7H2,(H,15,16). The number of amides is 1. The van der Waals surface area contributed by atoms with Crippen molar-refractivity contribution in [1.82, 2.24) is 0 Å². The summed E-state index contributed by atoms with van der Waals surface area (Å²) in [7, 11) is 0. The van der Waals surface area contributed by atoms with Gasteiger partial charge in [0.05, 0.1) is 11.6 Å². The summed E-state index contributed by atoms with van der Waals surface area (Å²) in [5, 5.41) is 21.7. The number of hydrogen-bond donors (Lipinski definition) is 2. The molecule has 5 heteroatoms. The lowest BCUT2D eigenvalue weighted by molar-refractivity contribution is -0.134. The second-order valence-electron chi connectivity index (χ2n) is 4.29. The Balaban J connectivity index is 2.08. The first kappa shape index (κ1) is 12.9. The monoisotopic (exact) mass is 262 g/mol. The van der Waals surface area contributed by atoms with Crippen LogP contribution in [0.15, 0.2) is 24.3 Å². The molecule has 1 aliphatic heterocycles. The van der Waals surface area contributed by atoms with E-state index >= 15 is 0 Å². The number of benzene rings is 1. The molecule has 1 aromatic carbocycles. The molecule has 0 aliphatic carbocycles. The molecular formula is C13H14N2O2S. The predicted octanol–water partition coefficient (Wildman–Crippen LogP) is 1.75. The number of hydrogen-bond acceptors (Lipinski definition) is 4. The molecule has 0 radical (unpaired) electrons. The quantitative estimate of drug-likeness (QED) is 0.851.